The van der Waals surface area contributed by atoms with Gasteiger partial charge in [-0.3, -0.25) is 29.2 Å². The highest BCUT2D eigenvalue weighted by Gasteiger charge is 2.31. The van der Waals surface area contributed by atoms with Crippen LogP contribution in [0.5, 0.6) is 0 Å². The zero-order valence-corrected chi connectivity index (χ0v) is 15.5. The predicted molar refractivity (Wildman–Crippen MR) is 93.7 cm³/mol. The van der Waals surface area contributed by atoms with Gasteiger partial charge in [0.2, 0.25) is 5.69 Å². The fraction of sp³-hybridized carbons (Fsp3) is 0.562. The van der Waals surface area contributed by atoms with Gasteiger partial charge in [0, 0.05) is 58.1 Å². The van der Waals surface area contributed by atoms with Gasteiger partial charge in [0.1, 0.15) is 6.20 Å². The first kappa shape index (κ1) is 18.1. The molecule has 26 heavy (non-hydrogen) atoms. The summed E-state index contributed by atoms with van der Waals surface area (Å²) in [5, 5.41) is 19.5. The monoisotopic (exact) mass is 361 g/mol. The smallest absolute Gasteiger partial charge is 0.320 e. The van der Waals surface area contributed by atoms with Gasteiger partial charge in [-0.15, -0.1) is 0 Å². The summed E-state index contributed by atoms with van der Waals surface area (Å²) in [6.07, 6.45) is 1.26. The van der Waals surface area contributed by atoms with Gasteiger partial charge in [-0.25, -0.2) is 0 Å². The van der Waals surface area contributed by atoms with Gasteiger partial charge >= 0.3 is 5.69 Å². The van der Waals surface area contributed by atoms with Crippen LogP contribution in [0.3, 0.4) is 0 Å². The van der Waals surface area contributed by atoms with E-state index in [4.69, 9.17) is 0 Å². The minimum absolute atomic E-state index is 0.0927. The van der Waals surface area contributed by atoms with E-state index in [1.807, 2.05) is 18.7 Å². The first-order valence-electron chi connectivity index (χ1n) is 8.46. The minimum Gasteiger partial charge on any atom is -0.334 e. The fourth-order valence-electron chi connectivity index (χ4n) is 3.29. The van der Waals surface area contributed by atoms with Crippen molar-refractivity contribution in [2.24, 2.45) is 14.1 Å². The Kier molecular flexibility index (Phi) is 4.77. The number of piperazine rings is 1. The molecular formula is C16H23N7O3. The Morgan fingerprint density at radius 3 is 2.38 bits per heavy atom. The van der Waals surface area contributed by atoms with E-state index in [9.17, 15) is 14.9 Å². The molecule has 1 saturated heterocycles. The summed E-state index contributed by atoms with van der Waals surface area (Å²) < 4.78 is 3.18. The molecule has 2 aromatic rings. The average molecular weight is 361 g/mol. The Hall–Kier alpha value is -2.75. The first-order valence-corrected chi connectivity index (χ1v) is 8.46. The molecule has 0 N–H and O–H groups in total. The lowest BCUT2D eigenvalue weighted by molar-refractivity contribution is -0.385. The van der Waals surface area contributed by atoms with Gasteiger partial charge in [-0.2, -0.15) is 10.2 Å². The van der Waals surface area contributed by atoms with Crippen molar-refractivity contribution < 1.29 is 9.72 Å². The highest BCUT2D eigenvalue weighted by atomic mass is 16.6. The van der Waals surface area contributed by atoms with Gasteiger partial charge in [0.15, 0.2) is 0 Å². The van der Waals surface area contributed by atoms with Crippen molar-refractivity contribution in [2.75, 3.05) is 26.2 Å². The lowest BCUT2D eigenvalue weighted by Crippen LogP contribution is -2.48. The highest BCUT2D eigenvalue weighted by Crippen LogP contribution is 2.20. The summed E-state index contributed by atoms with van der Waals surface area (Å²) in [5.74, 6) is -0.384. The van der Waals surface area contributed by atoms with Crippen molar-refractivity contribution in [3.8, 4) is 0 Å². The first-order chi connectivity index (χ1) is 12.3. The summed E-state index contributed by atoms with van der Waals surface area (Å²) in [6.45, 7) is 7.30. The molecule has 1 amide bonds. The van der Waals surface area contributed by atoms with Gasteiger partial charge in [0.05, 0.1) is 10.6 Å². The summed E-state index contributed by atoms with van der Waals surface area (Å²) in [5.41, 5.74) is 3.04. The molecule has 1 aliphatic rings. The maximum absolute atomic E-state index is 12.6. The fourth-order valence-corrected chi connectivity index (χ4v) is 3.29. The van der Waals surface area contributed by atoms with Crippen LogP contribution in [0.2, 0.25) is 0 Å². The molecule has 140 valence electrons. The average Bonchev–Trinajstić information content (AvgIpc) is 3.10. The SMILES string of the molecule is Cc1nn(C)c(C)c1CN1CCN(C(=O)c2nn(C)cc2[N+](=O)[O-])CC1. The van der Waals surface area contributed by atoms with E-state index < -0.39 is 4.92 Å². The Morgan fingerprint density at radius 2 is 1.85 bits per heavy atom. The lowest BCUT2D eigenvalue weighted by atomic mass is 10.1. The topological polar surface area (TPSA) is 102 Å². The third-order valence-electron chi connectivity index (χ3n) is 4.91. The quantitative estimate of drug-likeness (QED) is 0.585. The zero-order chi connectivity index (χ0) is 19.0. The van der Waals surface area contributed by atoms with Crippen LogP contribution in [0.25, 0.3) is 0 Å². The molecular weight excluding hydrogens is 338 g/mol. The number of amides is 1. The maximum atomic E-state index is 12.6. The van der Waals surface area contributed by atoms with E-state index in [1.165, 1.54) is 16.4 Å². The summed E-state index contributed by atoms with van der Waals surface area (Å²) in [4.78, 5) is 27.1. The molecule has 0 radical (unpaired) electrons. The molecule has 0 aromatic carbocycles. The van der Waals surface area contributed by atoms with E-state index in [0.717, 1.165) is 17.9 Å². The van der Waals surface area contributed by atoms with Crippen LogP contribution in [0.15, 0.2) is 6.20 Å². The normalized spacial score (nSPS) is 15.5. The number of carbonyl (C=O) groups excluding carboxylic acids is 1. The highest BCUT2D eigenvalue weighted by molar-refractivity contribution is 5.96. The van der Waals surface area contributed by atoms with Crippen LogP contribution in [0, 0.1) is 24.0 Å². The van der Waals surface area contributed by atoms with Crippen molar-refractivity contribution in [1.82, 2.24) is 29.4 Å². The Morgan fingerprint density at radius 1 is 1.19 bits per heavy atom. The molecule has 0 atom stereocenters. The van der Waals surface area contributed by atoms with Crippen LogP contribution in [0.4, 0.5) is 5.69 Å². The van der Waals surface area contributed by atoms with Crippen molar-refractivity contribution in [2.45, 2.75) is 20.4 Å². The number of aryl methyl sites for hydroxylation is 3. The second-order valence-electron chi connectivity index (χ2n) is 6.64. The Balaban J connectivity index is 1.65. The number of hydrogen-bond donors (Lipinski definition) is 0. The minimum atomic E-state index is -0.565. The zero-order valence-electron chi connectivity index (χ0n) is 15.5. The second-order valence-corrected chi connectivity index (χ2v) is 6.64. The van der Waals surface area contributed by atoms with E-state index in [0.29, 0.717) is 26.2 Å². The van der Waals surface area contributed by atoms with Crippen LogP contribution in [-0.2, 0) is 20.6 Å². The molecule has 10 heteroatoms. The molecule has 0 saturated carbocycles. The van der Waals surface area contributed by atoms with Gasteiger partial charge < -0.3 is 4.90 Å². The van der Waals surface area contributed by atoms with Crippen LogP contribution in [0.1, 0.15) is 27.4 Å². The van der Waals surface area contributed by atoms with Gasteiger partial charge in [-0.1, -0.05) is 0 Å². The van der Waals surface area contributed by atoms with Crippen LogP contribution >= 0.6 is 0 Å². The molecule has 0 bridgehead atoms. The van der Waals surface area contributed by atoms with Crippen molar-refractivity contribution >= 4 is 11.6 Å². The van der Waals surface area contributed by atoms with Crippen molar-refractivity contribution in [3.05, 3.63) is 39.0 Å². The third kappa shape index (κ3) is 3.32. The van der Waals surface area contributed by atoms with Gasteiger partial charge in [0.25, 0.3) is 5.91 Å². The number of nitrogens with zero attached hydrogens (tertiary/aromatic N) is 7. The third-order valence-corrected chi connectivity index (χ3v) is 4.91. The predicted octanol–water partition coefficient (Wildman–Crippen LogP) is 0.637. The summed E-state index contributed by atoms with van der Waals surface area (Å²) >= 11 is 0. The van der Waals surface area contributed by atoms with E-state index >= 15 is 0 Å². The Labute approximate surface area is 151 Å². The van der Waals surface area contributed by atoms with Crippen molar-refractivity contribution in [1.29, 1.82) is 0 Å². The molecule has 3 rings (SSSR count). The maximum Gasteiger partial charge on any atom is 0.320 e. The molecule has 10 nitrogen and oxygen atoms in total. The largest absolute Gasteiger partial charge is 0.334 e. The molecule has 3 heterocycles. The van der Waals surface area contributed by atoms with Gasteiger partial charge in [-0.05, 0) is 13.8 Å². The molecule has 0 unspecified atom stereocenters. The molecule has 0 aliphatic carbocycles. The second kappa shape index (κ2) is 6.87. The molecule has 2 aromatic heterocycles. The van der Waals surface area contributed by atoms with E-state index in [-0.39, 0.29) is 17.3 Å². The van der Waals surface area contributed by atoms with Crippen LogP contribution < -0.4 is 0 Å². The van der Waals surface area contributed by atoms with E-state index in [2.05, 4.69) is 22.0 Å². The number of hydrogen-bond acceptors (Lipinski definition) is 6. The number of nitro groups is 1. The Bertz CT molecular complexity index is 846. The number of aromatic nitrogens is 4. The summed E-state index contributed by atoms with van der Waals surface area (Å²) in [6, 6.07) is 0. The van der Waals surface area contributed by atoms with Crippen LogP contribution in [-0.4, -0.2) is 66.4 Å². The van der Waals surface area contributed by atoms with E-state index in [1.54, 1.807) is 11.9 Å². The van der Waals surface area contributed by atoms with Crippen molar-refractivity contribution in [3.63, 3.8) is 0 Å². The summed E-state index contributed by atoms with van der Waals surface area (Å²) in [7, 11) is 3.50. The lowest BCUT2D eigenvalue weighted by Gasteiger charge is -2.34. The number of carbonyl (C=O) groups is 1. The number of rotatable bonds is 4. The molecule has 0 spiro atoms. The molecule has 1 fully saturated rings. The molecule has 1 aliphatic heterocycles. The standard InChI is InChI=1S/C16H23N7O3/c1-11-13(12(2)20(4)17-11)9-21-5-7-22(8-6-21)16(24)15-14(23(25)26)10-19(3)18-15/h10H,5-9H2,1-4H3.